The van der Waals surface area contributed by atoms with Crippen LogP contribution in [-0.2, 0) is 0 Å². The molecule has 25 heavy (non-hydrogen) atoms. The predicted molar refractivity (Wildman–Crippen MR) is 103 cm³/mol. The lowest BCUT2D eigenvalue weighted by atomic mass is 9.99. The number of nitriles is 1. The van der Waals surface area contributed by atoms with Crippen LogP contribution in [0.3, 0.4) is 0 Å². The summed E-state index contributed by atoms with van der Waals surface area (Å²) in [6.07, 6.45) is 3.99. The number of benzene rings is 3. The number of allylic oxidation sites excluding steroid dienone is 1. The van der Waals surface area contributed by atoms with Crippen LogP contribution in [0, 0.1) is 16.5 Å². The van der Waals surface area contributed by atoms with E-state index in [2.05, 4.69) is 0 Å². The van der Waals surface area contributed by atoms with Gasteiger partial charge in [-0.25, -0.2) is 4.39 Å². The van der Waals surface area contributed by atoms with Crippen LogP contribution in [0.1, 0.15) is 12.5 Å². The van der Waals surface area contributed by atoms with Gasteiger partial charge >= 0.3 is 0 Å². The Morgan fingerprint density at radius 3 is 2.12 bits per heavy atom. The van der Waals surface area contributed by atoms with Gasteiger partial charge in [0.2, 0.25) is 0 Å². The predicted octanol–water partition coefficient (Wildman–Crippen LogP) is 6.77. The average molecular weight is 345 g/mol. The van der Waals surface area contributed by atoms with Gasteiger partial charge in [-0.2, -0.15) is 5.26 Å². The van der Waals surface area contributed by atoms with Crippen molar-refractivity contribution in [3.8, 4) is 27.7 Å². The summed E-state index contributed by atoms with van der Waals surface area (Å²) in [5, 5.41) is 10.7. The molecular weight excluding hydrogens is 329 g/mol. The molecule has 3 heteroatoms. The smallest absolute Gasteiger partial charge is 0.138 e. The maximum absolute atomic E-state index is 14.6. The van der Waals surface area contributed by atoms with Crippen molar-refractivity contribution in [2.24, 2.45) is 0 Å². The molecule has 3 rings (SSSR count). The Kier molecular flexibility index (Phi) is 5.33. The van der Waals surface area contributed by atoms with Crippen molar-refractivity contribution in [1.29, 1.82) is 5.26 Å². The molecule has 3 aromatic rings. The fraction of sp³-hybridized carbons (Fsp3) is 0.0455. The van der Waals surface area contributed by atoms with Crippen LogP contribution in [0.4, 0.5) is 4.39 Å². The third-order valence-electron chi connectivity index (χ3n) is 3.90. The van der Waals surface area contributed by atoms with Gasteiger partial charge in [-0.05, 0) is 59.1 Å². The van der Waals surface area contributed by atoms with Gasteiger partial charge in [-0.15, -0.1) is 0 Å². The van der Waals surface area contributed by atoms with E-state index in [1.165, 1.54) is 0 Å². The first kappa shape index (κ1) is 17.0. The van der Waals surface area contributed by atoms with E-state index in [1.54, 1.807) is 6.07 Å². The van der Waals surface area contributed by atoms with Gasteiger partial charge in [0.15, 0.2) is 0 Å². The van der Waals surface area contributed by atoms with Gasteiger partial charge in [-0.1, -0.05) is 60.7 Å². The monoisotopic (exact) mass is 345 g/mol. The first-order chi connectivity index (χ1) is 12.2. The van der Waals surface area contributed by atoms with E-state index in [1.807, 2.05) is 85.1 Å². The van der Waals surface area contributed by atoms with Crippen LogP contribution < -0.4 is 0 Å². The highest BCUT2D eigenvalue weighted by atomic mass is 32.2. The van der Waals surface area contributed by atoms with Crippen molar-refractivity contribution in [3.63, 3.8) is 0 Å². The molecule has 0 saturated carbocycles. The van der Waals surface area contributed by atoms with Crippen molar-refractivity contribution in [2.45, 2.75) is 11.8 Å². The van der Waals surface area contributed by atoms with Gasteiger partial charge in [0.05, 0.1) is 0 Å². The lowest BCUT2D eigenvalue weighted by molar-refractivity contribution is 0.632. The molecule has 0 N–H and O–H groups in total. The largest absolute Gasteiger partial charge is 0.206 e. The third kappa shape index (κ3) is 3.99. The Balaban J connectivity index is 1.89. The van der Waals surface area contributed by atoms with Crippen LogP contribution in [0.2, 0.25) is 0 Å². The van der Waals surface area contributed by atoms with E-state index in [-0.39, 0.29) is 5.82 Å². The molecule has 0 bridgehead atoms. The highest BCUT2D eigenvalue weighted by molar-refractivity contribution is 8.03. The quantitative estimate of drug-likeness (QED) is 0.385. The normalized spacial score (nSPS) is 10.8. The maximum Gasteiger partial charge on any atom is 0.138 e. The molecule has 0 spiro atoms. The second kappa shape index (κ2) is 7.83. The summed E-state index contributed by atoms with van der Waals surface area (Å²) in [6.45, 7) is 1.97. The summed E-state index contributed by atoms with van der Waals surface area (Å²) in [4.78, 5) is 0.879. The summed E-state index contributed by atoms with van der Waals surface area (Å²) in [7, 11) is 0. The highest BCUT2D eigenvalue weighted by Crippen LogP contribution is 2.29. The zero-order valence-corrected chi connectivity index (χ0v) is 14.6. The number of hydrogen-bond acceptors (Lipinski definition) is 2. The minimum absolute atomic E-state index is 0.244. The molecule has 0 amide bonds. The number of thioether (sulfide) groups is 1. The van der Waals surface area contributed by atoms with Gasteiger partial charge in [0.1, 0.15) is 11.2 Å². The van der Waals surface area contributed by atoms with Crippen LogP contribution in [-0.4, -0.2) is 0 Å². The fourth-order valence-electron chi connectivity index (χ4n) is 2.66. The summed E-state index contributed by atoms with van der Waals surface area (Å²) in [5.74, 6) is -0.244. The van der Waals surface area contributed by atoms with E-state index in [0.717, 1.165) is 38.9 Å². The van der Waals surface area contributed by atoms with Gasteiger partial charge in [0.25, 0.3) is 0 Å². The van der Waals surface area contributed by atoms with E-state index >= 15 is 0 Å². The molecule has 1 nitrogen and oxygen atoms in total. The standard InChI is InChI=1S/C22H16FNS/c1-2-3-16-4-6-18(7-5-16)21-13-10-19(14-22(21)23)17-8-11-20(12-9-17)25-15-24/h2-14H,1H3. The van der Waals surface area contributed by atoms with Crippen molar-refractivity contribution >= 4 is 17.8 Å². The molecule has 0 heterocycles. The number of hydrogen-bond donors (Lipinski definition) is 0. The average Bonchev–Trinajstić information content (AvgIpc) is 2.64. The number of nitrogens with zero attached hydrogens (tertiary/aromatic N) is 1. The van der Waals surface area contributed by atoms with E-state index in [0.29, 0.717) is 5.56 Å². The minimum Gasteiger partial charge on any atom is -0.206 e. The molecule has 0 aliphatic carbocycles. The highest BCUT2D eigenvalue weighted by Gasteiger charge is 2.07. The second-order valence-electron chi connectivity index (χ2n) is 5.53. The third-order valence-corrected chi connectivity index (χ3v) is 4.50. The van der Waals surface area contributed by atoms with Crippen LogP contribution in [0.5, 0.6) is 0 Å². The second-order valence-corrected chi connectivity index (χ2v) is 6.39. The molecule has 0 radical (unpaired) electrons. The fourth-order valence-corrected chi connectivity index (χ4v) is 3.04. The zero-order valence-electron chi connectivity index (χ0n) is 13.7. The summed E-state index contributed by atoms with van der Waals surface area (Å²) < 4.78 is 14.6. The summed E-state index contributed by atoms with van der Waals surface area (Å²) in [5.41, 5.74) is 4.29. The van der Waals surface area contributed by atoms with Crippen LogP contribution >= 0.6 is 11.8 Å². The van der Waals surface area contributed by atoms with Crippen molar-refractivity contribution in [1.82, 2.24) is 0 Å². The Labute approximate surface area is 151 Å². The summed E-state index contributed by atoms with van der Waals surface area (Å²) in [6, 6.07) is 20.7. The van der Waals surface area contributed by atoms with E-state index < -0.39 is 0 Å². The zero-order chi connectivity index (χ0) is 17.6. The maximum atomic E-state index is 14.6. The molecule has 0 aliphatic heterocycles. The molecule has 0 fully saturated rings. The lowest BCUT2D eigenvalue weighted by Crippen LogP contribution is -1.87. The molecule has 0 aliphatic rings. The van der Waals surface area contributed by atoms with Gasteiger partial charge < -0.3 is 0 Å². The lowest BCUT2D eigenvalue weighted by Gasteiger charge is -2.08. The minimum atomic E-state index is -0.244. The number of rotatable bonds is 4. The van der Waals surface area contributed by atoms with Crippen molar-refractivity contribution in [2.75, 3.05) is 0 Å². The molecule has 3 aromatic carbocycles. The molecule has 0 saturated heterocycles. The Bertz CT molecular complexity index is 935. The number of thiocyanates is 1. The first-order valence-electron chi connectivity index (χ1n) is 7.90. The topological polar surface area (TPSA) is 23.8 Å². The first-order valence-corrected chi connectivity index (χ1v) is 8.72. The van der Waals surface area contributed by atoms with Crippen LogP contribution in [0.15, 0.2) is 77.7 Å². The van der Waals surface area contributed by atoms with Gasteiger partial charge in [-0.3, -0.25) is 0 Å². The van der Waals surface area contributed by atoms with Crippen molar-refractivity contribution < 1.29 is 4.39 Å². The molecule has 0 aromatic heterocycles. The van der Waals surface area contributed by atoms with Crippen molar-refractivity contribution in [3.05, 3.63) is 84.2 Å². The Morgan fingerprint density at radius 1 is 0.880 bits per heavy atom. The Morgan fingerprint density at radius 2 is 1.52 bits per heavy atom. The van der Waals surface area contributed by atoms with Crippen LogP contribution in [0.25, 0.3) is 28.3 Å². The SMILES string of the molecule is CC=Cc1ccc(-c2ccc(-c3ccc(SC#N)cc3)cc2F)cc1. The summed E-state index contributed by atoms with van der Waals surface area (Å²) >= 11 is 1.11. The van der Waals surface area contributed by atoms with Gasteiger partial charge in [0, 0.05) is 10.5 Å². The number of halogens is 1. The molecule has 122 valence electrons. The molecule has 0 atom stereocenters. The molecule has 0 unspecified atom stereocenters. The Hall–Kier alpha value is -2.83. The molecular formula is C22H16FNS. The van der Waals surface area contributed by atoms with E-state index in [4.69, 9.17) is 5.26 Å². The van der Waals surface area contributed by atoms with E-state index in [9.17, 15) is 4.39 Å².